The van der Waals surface area contributed by atoms with E-state index in [2.05, 4.69) is 33.8 Å². The van der Waals surface area contributed by atoms with Crippen molar-refractivity contribution in [3.8, 4) is 0 Å². The van der Waals surface area contributed by atoms with Crippen molar-refractivity contribution in [2.75, 3.05) is 18.6 Å². The molecule has 1 aromatic rings. The lowest BCUT2D eigenvalue weighted by atomic mass is 10.2. The monoisotopic (exact) mass is 333 g/mol. The van der Waals surface area contributed by atoms with E-state index in [1.807, 2.05) is 25.1 Å². The van der Waals surface area contributed by atoms with E-state index < -0.39 is 9.84 Å². The highest BCUT2D eigenvalue weighted by molar-refractivity contribution is 9.10. The maximum atomic E-state index is 11.3. The van der Waals surface area contributed by atoms with Crippen LogP contribution in [0.2, 0.25) is 0 Å². The molecule has 1 atom stereocenters. The Morgan fingerprint density at radius 2 is 1.94 bits per heavy atom. The van der Waals surface area contributed by atoms with Gasteiger partial charge in [0, 0.05) is 23.3 Å². The van der Waals surface area contributed by atoms with Gasteiger partial charge in [0.25, 0.3) is 0 Å². The number of rotatable bonds is 6. The van der Waals surface area contributed by atoms with E-state index in [9.17, 15) is 8.42 Å². The van der Waals surface area contributed by atoms with Gasteiger partial charge in [-0.1, -0.05) is 41.1 Å². The molecule has 0 aliphatic rings. The van der Waals surface area contributed by atoms with Gasteiger partial charge in [0.05, 0.1) is 5.75 Å². The Morgan fingerprint density at radius 3 is 2.44 bits per heavy atom. The molecule has 1 rings (SSSR count). The van der Waals surface area contributed by atoms with Crippen molar-refractivity contribution < 1.29 is 8.42 Å². The molecule has 0 aromatic heterocycles. The number of sulfone groups is 1. The Balaban J connectivity index is 2.76. The van der Waals surface area contributed by atoms with E-state index in [1.165, 1.54) is 11.8 Å². The lowest BCUT2D eigenvalue weighted by Crippen LogP contribution is -2.37. The molecule has 0 bridgehead atoms. The number of halogens is 1. The number of hydrogen-bond acceptors (Lipinski definition) is 3. The standard InChI is InChI=1S/C13H20BrNO2S/c1-4-15(11(2)10-18(3,16)17)9-12-7-5-6-8-13(12)14/h5-8,11H,4,9-10H2,1-3H3/t11-/m0/s1. The molecule has 0 heterocycles. The number of benzene rings is 1. The second-order valence-corrected chi connectivity index (χ2v) is 7.64. The van der Waals surface area contributed by atoms with Gasteiger partial charge in [-0.2, -0.15) is 0 Å². The lowest BCUT2D eigenvalue weighted by molar-refractivity contribution is 0.226. The zero-order valence-corrected chi connectivity index (χ0v) is 13.5. The molecule has 0 unspecified atom stereocenters. The van der Waals surface area contributed by atoms with E-state index in [4.69, 9.17) is 0 Å². The average Bonchev–Trinajstić information content (AvgIpc) is 2.25. The molecule has 0 fully saturated rings. The summed E-state index contributed by atoms with van der Waals surface area (Å²) in [6.07, 6.45) is 1.29. The Kier molecular flexibility index (Phi) is 5.82. The largest absolute Gasteiger partial charge is 0.296 e. The normalized spacial score (nSPS) is 13.8. The van der Waals surface area contributed by atoms with Crippen LogP contribution in [-0.2, 0) is 16.4 Å². The molecule has 0 radical (unpaired) electrons. The molecule has 0 aliphatic carbocycles. The van der Waals surface area contributed by atoms with Crippen molar-refractivity contribution in [2.45, 2.75) is 26.4 Å². The quantitative estimate of drug-likeness (QED) is 0.803. The van der Waals surface area contributed by atoms with Gasteiger partial charge >= 0.3 is 0 Å². The fourth-order valence-electron chi connectivity index (χ4n) is 1.97. The van der Waals surface area contributed by atoms with E-state index in [0.717, 1.165) is 17.6 Å². The van der Waals surface area contributed by atoms with Gasteiger partial charge < -0.3 is 0 Å². The van der Waals surface area contributed by atoms with Crippen LogP contribution in [0.5, 0.6) is 0 Å². The summed E-state index contributed by atoms with van der Waals surface area (Å²) in [6, 6.07) is 8.06. The number of hydrogen-bond donors (Lipinski definition) is 0. The predicted octanol–water partition coefficient (Wildman–Crippen LogP) is 2.70. The van der Waals surface area contributed by atoms with E-state index in [0.29, 0.717) is 0 Å². The van der Waals surface area contributed by atoms with Crippen molar-refractivity contribution in [1.29, 1.82) is 0 Å². The van der Waals surface area contributed by atoms with Crippen molar-refractivity contribution in [3.63, 3.8) is 0 Å². The Bertz CT molecular complexity index is 488. The zero-order valence-electron chi connectivity index (χ0n) is 11.1. The van der Waals surface area contributed by atoms with Gasteiger partial charge in [0.2, 0.25) is 0 Å². The first kappa shape index (κ1) is 15.7. The molecule has 3 nitrogen and oxygen atoms in total. The second kappa shape index (κ2) is 6.68. The van der Waals surface area contributed by atoms with Crippen LogP contribution in [0, 0.1) is 0 Å². The van der Waals surface area contributed by atoms with Crippen molar-refractivity contribution in [1.82, 2.24) is 4.90 Å². The van der Waals surface area contributed by atoms with Crippen LogP contribution in [0.4, 0.5) is 0 Å². The average molecular weight is 334 g/mol. The minimum atomic E-state index is -2.93. The molecule has 0 N–H and O–H groups in total. The van der Waals surface area contributed by atoms with Crippen LogP contribution in [0.1, 0.15) is 19.4 Å². The highest BCUT2D eigenvalue weighted by Gasteiger charge is 2.17. The summed E-state index contributed by atoms with van der Waals surface area (Å²) < 4.78 is 23.8. The fourth-order valence-corrected chi connectivity index (χ4v) is 3.47. The third kappa shape index (κ3) is 5.08. The molecule has 0 saturated heterocycles. The summed E-state index contributed by atoms with van der Waals surface area (Å²) in [7, 11) is -2.93. The Morgan fingerprint density at radius 1 is 1.33 bits per heavy atom. The molecule has 18 heavy (non-hydrogen) atoms. The Labute approximate surface area is 118 Å². The van der Waals surface area contributed by atoms with Crippen molar-refractivity contribution in [2.24, 2.45) is 0 Å². The van der Waals surface area contributed by atoms with E-state index >= 15 is 0 Å². The fraction of sp³-hybridized carbons (Fsp3) is 0.538. The molecule has 0 amide bonds. The van der Waals surface area contributed by atoms with Gasteiger partial charge in [0.1, 0.15) is 9.84 Å². The van der Waals surface area contributed by atoms with Crippen LogP contribution >= 0.6 is 15.9 Å². The van der Waals surface area contributed by atoms with Crippen LogP contribution < -0.4 is 0 Å². The Hall–Kier alpha value is -0.390. The van der Waals surface area contributed by atoms with Gasteiger partial charge in [-0.3, -0.25) is 4.90 Å². The molecule has 0 spiro atoms. The van der Waals surface area contributed by atoms with Crippen LogP contribution in [-0.4, -0.2) is 37.9 Å². The third-order valence-corrected chi connectivity index (χ3v) is 4.77. The smallest absolute Gasteiger partial charge is 0.148 e. The summed E-state index contributed by atoms with van der Waals surface area (Å²) in [4.78, 5) is 2.17. The van der Waals surface area contributed by atoms with E-state index in [-0.39, 0.29) is 11.8 Å². The molecule has 1 aromatic carbocycles. The minimum Gasteiger partial charge on any atom is -0.296 e. The first-order chi connectivity index (χ1) is 8.33. The first-order valence-corrected chi connectivity index (χ1v) is 8.84. The summed E-state index contributed by atoms with van der Waals surface area (Å²) in [5.41, 5.74) is 1.18. The van der Waals surface area contributed by atoms with Crippen LogP contribution in [0.25, 0.3) is 0 Å². The third-order valence-electron chi connectivity index (χ3n) is 2.90. The molecule has 0 aliphatic heterocycles. The molecule has 0 saturated carbocycles. The summed E-state index contributed by atoms with van der Waals surface area (Å²) in [5, 5.41) is 0. The van der Waals surface area contributed by atoms with Gasteiger partial charge in [-0.25, -0.2) is 8.42 Å². The van der Waals surface area contributed by atoms with Crippen LogP contribution in [0.15, 0.2) is 28.7 Å². The minimum absolute atomic E-state index is 0.0251. The number of nitrogens with zero attached hydrogens (tertiary/aromatic N) is 1. The highest BCUT2D eigenvalue weighted by Crippen LogP contribution is 2.19. The SMILES string of the molecule is CCN(Cc1ccccc1Br)[C@@H](C)CS(C)(=O)=O. The highest BCUT2D eigenvalue weighted by atomic mass is 79.9. The van der Waals surface area contributed by atoms with Gasteiger partial charge in [0.15, 0.2) is 0 Å². The molecular formula is C13H20BrNO2S. The van der Waals surface area contributed by atoms with Crippen molar-refractivity contribution in [3.05, 3.63) is 34.3 Å². The molecule has 102 valence electrons. The lowest BCUT2D eigenvalue weighted by Gasteiger charge is -2.27. The first-order valence-electron chi connectivity index (χ1n) is 5.98. The summed E-state index contributed by atoms with van der Waals surface area (Å²) in [6.45, 7) is 5.60. The van der Waals surface area contributed by atoms with Gasteiger partial charge in [-0.05, 0) is 25.1 Å². The van der Waals surface area contributed by atoms with Gasteiger partial charge in [-0.15, -0.1) is 0 Å². The summed E-state index contributed by atoms with van der Waals surface area (Å²) >= 11 is 3.52. The maximum Gasteiger partial charge on any atom is 0.148 e. The topological polar surface area (TPSA) is 37.4 Å². The van der Waals surface area contributed by atoms with Crippen molar-refractivity contribution >= 4 is 25.8 Å². The van der Waals surface area contributed by atoms with E-state index in [1.54, 1.807) is 0 Å². The van der Waals surface area contributed by atoms with Crippen LogP contribution in [0.3, 0.4) is 0 Å². The molecular weight excluding hydrogens is 314 g/mol. The zero-order chi connectivity index (χ0) is 13.8. The maximum absolute atomic E-state index is 11.3. The second-order valence-electron chi connectivity index (χ2n) is 4.60. The predicted molar refractivity (Wildman–Crippen MR) is 79.4 cm³/mol. The summed E-state index contributed by atoms with van der Waals surface area (Å²) in [5.74, 6) is 0.200. The molecule has 5 heteroatoms.